The lowest BCUT2D eigenvalue weighted by molar-refractivity contribution is -0.142. The van der Waals surface area contributed by atoms with Crippen LogP contribution in [-0.2, 0) is 26.6 Å². The minimum atomic E-state index is -2.86. The summed E-state index contributed by atoms with van der Waals surface area (Å²) in [6, 6.07) is 0.789. The molecule has 0 aromatic carbocycles. The summed E-state index contributed by atoms with van der Waals surface area (Å²) in [5.41, 5.74) is 0.298. The third-order valence-corrected chi connectivity index (χ3v) is 16.3. The normalized spacial score (nSPS) is 14.5. The molecule has 0 radical (unpaired) electrons. The fourth-order valence-electron chi connectivity index (χ4n) is 2.69. The SMILES string of the molecule is C=C(C)C(=O)OCC(O)COC[Si](C)(C)O[Si](CCC)(O[Si](C)(C)C)O[Si](C)(C)C. The average Bonchev–Trinajstić information content (AvgIpc) is 2.47. The molecule has 0 aliphatic carbocycles. The first-order chi connectivity index (χ1) is 13.4. The van der Waals surface area contributed by atoms with Crippen molar-refractivity contribution in [1.29, 1.82) is 0 Å². The van der Waals surface area contributed by atoms with E-state index < -0.39 is 45.8 Å². The van der Waals surface area contributed by atoms with Crippen molar-refractivity contribution in [3.8, 4) is 0 Å². The molecule has 0 aliphatic rings. The highest BCUT2D eigenvalue weighted by atomic mass is 28.5. The van der Waals surface area contributed by atoms with Crippen LogP contribution in [0, 0.1) is 0 Å². The van der Waals surface area contributed by atoms with Gasteiger partial charge in [-0.15, -0.1) is 0 Å². The van der Waals surface area contributed by atoms with Crippen molar-refractivity contribution in [2.75, 3.05) is 19.4 Å². The quantitative estimate of drug-likeness (QED) is 0.206. The zero-order valence-electron chi connectivity index (χ0n) is 20.7. The molecule has 30 heavy (non-hydrogen) atoms. The van der Waals surface area contributed by atoms with Crippen LogP contribution in [0.2, 0.25) is 58.4 Å². The molecule has 0 amide bonds. The van der Waals surface area contributed by atoms with Crippen LogP contribution in [0.15, 0.2) is 12.2 Å². The van der Waals surface area contributed by atoms with Crippen LogP contribution < -0.4 is 0 Å². The first-order valence-electron chi connectivity index (χ1n) is 10.6. The number of hydrogen-bond acceptors (Lipinski definition) is 7. The maximum absolute atomic E-state index is 11.4. The van der Waals surface area contributed by atoms with Crippen LogP contribution in [0.1, 0.15) is 20.3 Å². The Morgan fingerprint density at radius 2 is 1.43 bits per heavy atom. The summed E-state index contributed by atoms with van der Waals surface area (Å²) in [7, 11) is -8.94. The van der Waals surface area contributed by atoms with Gasteiger partial charge in [0.15, 0.2) is 16.6 Å². The minimum Gasteiger partial charge on any atom is -0.460 e. The minimum absolute atomic E-state index is 0.0648. The van der Waals surface area contributed by atoms with Gasteiger partial charge in [-0.05, 0) is 59.3 Å². The lowest BCUT2D eigenvalue weighted by atomic mass is 10.3. The number of ether oxygens (including phenoxy) is 2. The smallest absolute Gasteiger partial charge is 0.460 e. The molecular weight excluding hydrogens is 453 g/mol. The van der Waals surface area contributed by atoms with Gasteiger partial charge in [0, 0.05) is 11.6 Å². The molecule has 0 bridgehead atoms. The highest BCUT2D eigenvalue weighted by Gasteiger charge is 2.50. The molecule has 0 heterocycles. The summed E-state index contributed by atoms with van der Waals surface area (Å²) in [6.45, 7) is 24.3. The molecule has 0 saturated carbocycles. The van der Waals surface area contributed by atoms with Gasteiger partial charge >= 0.3 is 14.8 Å². The van der Waals surface area contributed by atoms with Crippen LogP contribution in [-0.4, -0.2) is 70.4 Å². The summed E-state index contributed by atoms with van der Waals surface area (Å²) in [6.07, 6.45) is 0.424. The van der Waals surface area contributed by atoms with Crippen molar-refractivity contribution in [3.63, 3.8) is 0 Å². The molecule has 1 N–H and O–H groups in total. The molecule has 0 aliphatic heterocycles. The van der Waals surface area contributed by atoms with Crippen molar-refractivity contribution in [1.82, 2.24) is 0 Å². The fraction of sp³-hybridized carbons (Fsp3) is 0.842. The van der Waals surface area contributed by atoms with Gasteiger partial charge in [0.25, 0.3) is 0 Å². The van der Waals surface area contributed by atoms with Gasteiger partial charge in [0.1, 0.15) is 12.7 Å². The Morgan fingerprint density at radius 3 is 1.83 bits per heavy atom. The van der Waals surface area contributed by atoms with E-state index in [9.17, 15) is 9.90 Å². The number of rotatable bonds is 15. The molecule has 7 nitrogen and oxygen atoms in total. The molecule has 0 spiro atoms. The molecule has 0 aromatic heterocycles. The number of aliphatic hydroxyl groups is 1. The first-order valence-corrected chi connectivity index (χ1v) is 22.5. The zero-order chi connectivity index (χ0) is 23.8. The Hall–Kier alpha value is -0.122. The second-order valence-electron chi connectivity index (χ2n) is 10.3. The number of carbonyl (C=O) groups excluding carboxylic acids is 1. The van der Waals surface area contributed by atoms with Crippen LogP contribution >= 0.6 is 0 Å². The molecule has 0 saturated heterocycles. The summed E-state index contributed by atoms with van der Waals surface area (Å²) < 4.78 is 30.7. The average molecular weight is 497 g/mol. The molecule has 11 heteroatoms. The monoisotopic (exact) mass is 496 g/mol. The van der Waals surface area contributed by atoms with E-state index in [2.05, 4.69) is 65.9 Å². The Kier molecular flexibility index (Phi) is 12.2. The maximum Gasteiger partial charge on any atom is 0.469 e. The zero-order valence-corrected chi connectivity index (χ0v) is 24.7. The van der Waals surface area contributed by atoms with E-state index in [1.54, 1.807) is 6.92 Å². The highest BCUT2D eigenvalue weighted by Crippen LogP contribution is 2.29. The van der Waals surface area contributed by atoms with Gasteiger partial charge in [-0.2, -0.15) is 0 Å². The lowest BCUT2D eigenvalue weighted by Crippen LogP contribution is -2.61. The lowest BCUT2D eigenvalue weighted by Gasteiger charge is -2.43. The van der Waals surface area contributed by atoms with Crippen LogP contribution in [0.25, 0.3) is 0 Å². The van der Waals surface area contributed by atoms with Crippen molar-refractivity contribution in [2.45, 2.75) is 84.8 Å². The van der Waals surface area contributed by atoms with Crippen molar-refractivity contribution < 1.29 is 31.7 Å². The van der Waals surface area contributed by atoms with Gasteiger partial charge < -0.3 is 26.9 Å². The molecule has 0 rings (SSSR count). The number of hydrogen-bond donors (Lipinski definition) is 1. The summed E-state index contributed by atoms with van der Waals surface area (Å²) in [5, 5.41) is 10.0. The van der Waals surface area contributed by atoms with E-state index in [-0.39, 0.29) is 13.2 Å². The molecule has 178 valence electrons. The molecule has 0 fully saturated rings. The van der Waals surface area contributed by atoms with Crippen molar-refractivity contribution in [3.05, 3.63) is 12.2 Å². The highest BCUT2D eigenvalue weighted by molar-refractivity contribution is 6.90. The Morgan fingerprint density at radius 1 is 0.933 bits per heavy atom. The van der Waals surface area contributed by atoms with Gasteiger partial charge in [-0.3, -0.25) is 0 Å². The molecule has 1 atom stereocenters. The Balaban J connectivity index is 5.06. The third kappa shape index (κ3) is 14.0. The first kappa shape index (κ1) is 29.9. The van der Waals surface area contributed by atoms with E-state index in [0.29, 0.717) is 11.8 Å². The van der Waals surface area contributed by atoms with Crippen LogP contribution in [0.3, 0.4) is 0 Å². The second-order valence-corrected chi connectivity index (χ2v) is 26.8. The van der Waals surface area contributed by atoms with Crippen molar-refractivity contribution >= 4 is 39.7 Å². The standard InChI is InChI=1S/C19H44O7Si4/c1-12-13-30(24-27(4,5)6,25-28(7,8)9)26-29(10,11)16-22-14-18(20)15-23-19(21)17(2)3/h18,20H,2,12-16H2,1,3-11H3. The van der Waals surface area contributed by atoms with Crippen molar-refractivity contribution in [2.24, 2.45) is 0 Å². The van der Waals surface area contributed by atoms with Gasteiger partial charge in [-0.1, -0.05) is 19.9 Å². The summed E-state index contributed by atoms with van der Waals surface area (Å²) >= 11 is 0. The Labute approximate surface area is 187 Å². The summed E-state index contributed by atoms with van der Waals surface area (Å²) in [5.74, 6) is -0.519. The summed E-state index contributed by atoms with van der Waals surface area (Å²) in [4.78, 5) is 11.4. The molecule has 0 aromatic rings. The van der Waals surface area contributed by atoms with E-state index in [1.807, 2.05) is 0 Å². The van der Waals surface area contributed by atoms with E-state index in [1.165, 1.54) is 0 Å². The van der Waals surface area contributed by atoms with Crippen LogP contribution in [0.4, 0.5) is 0 Å². The Bertz CT molecular complexity index is 540. The number of esters is 1. The number of carbonyl (C=O) groups is 1. The van der Waals surface area contributed by atoms with Gasteiger partial charge in [0.2, 0.25) is 8.32 Å². The largest absolute Gasteiger partial charge is 0.469 e. The predicted octanol–water partition coefficient (Wildman–Crippen LogP) is 4.30. The predicted molar refractivity (Wildman–Crippen MR) is 131 cm³/mol. The van der Waals surface area contributed by atoms with E-state index in [4.69, 9.17) is 21.8 Å². The van der Waals surface area contributed by atoms with Gasteiger partial charge in [0.05, 0.1) is 12.8 Å². The van der Waals surface area contributed by atoms with Gasteiger partial charge in [-0.25, -0.2) is 4.79 Å². The van der Waals surface area contributed by atoms with E-state index >= 15 is 0 Å². The van der Waals surface area contributed by atoms with Crippen LogP contribution in [0.5, 0.6) is 0 Å². The van der Waals surface area contributed by atoms with E-state index in [0.717, 1.165) is 12.5 Å². The maximum atomic E-state index is 11.4. The second kappa shape index (κ2) is 12.2. The fourth-order valence-corrected chi connectivity index (χ4v) is 17.8. The molecular formula is C19H44O7Si4. The third-order valence-electron chi connectivity index (χ3n) is 3.43. The topological polar surface area (TPSA) is 83.5 Å². The molecule has 1 unspecified atom stereocenters. The number of aliphatic hydroxyl groups excluding tert-OH is 1.